The third kappa shape index (κ3) is 3.78. The summed E-state index contributed by atoms with van der Waals surface area (Å²) >= 11 is 7.54. The summed E-state index contributed by atoms with van der Waals surface area (Å²) in [5.41, 5.74) is 0.826. The molecule has 116 valence electrons. The van der Waals surface area contributed by atoms with Gasteiger partial charge in [-0.3, -0.25) is 4.79 Å². The van der Waals surface area contributed by atoms with Crippen molar-refractivity contribution in [1.29, 1.82) is 0 Å². The number of rotatable bonds is 4. The zero-order valence-corrected chi connectivity index (χ0v) is 13.6. The topological polar surface area (TPSA) is 29.1 Å². The van der Waals surface area contributed by atoms with Crippen LogP contribution in [0.1, 0.15) is 28.9 Å². The van der Waals surface area contributed by atoms with Gasteiger partial charge in [-0.15, -0.1) is 11.8 Å². The molecule has 1 amide bonds. The lowest BCUT2D eigenvalue weighted by Crippen LogP contribution is -2.27. The Morgan fingerprint density at radius 2 is 1.91 bits per heavy atom. The quantitative estimate of drug-likeness (QED) is 0.807. The summed E-state index contributed by atoms with van der Waals surface area (Å²) in [7, 11) is 0. The minimum atomic E-state index is -0.944. The average Bonchev–Trinajstić information content (AvgIpc) is 2.50. The Labute approximate surface area is 136 Å². The van der Waals surface area contributed by atoms with E-state index < -0.39 is 17.7 Å². The number of nitrogens with one attached hydrogen (secondary N) is 1. The first-order valence-corrected chi connectivity index (χ1v) is 8.12. The van der Waals surface area contributed by atoms with Gasteiger partial charge in [0.2, 0.25) is 0 Å². The Bertz CT molecular complexity index is 709. The maximum absolute atomic E-state index is 13.3. The Kier molecular flexibility index (Phi) is 5.42. The molecular weight excluding hydrogens is 328 g/mol. The molecule has 0 aliphatic rings. The van der Waals surface area contributed by atoms with Gasteiger partial charge in [0.15, 0.2) is 11.6 Å². The van der Waals surface area contributed by atoms with E-state index in [1.54, 1.807) is 19.1 Å². The summed E-state index contributed by atoms with van der Waals surface area (Å²) in [4.78, 5) is 13.2. The molecule has 1 atom stereocenters. The third-order valence-corrected chi connectivity index (χ3v) is 4.26. The number of halogens is 3. The summed E-state index contributed by atoms with van der Waals surface area (Å²) < 4.78 is 26.2. The molecular formula is C16H14ClF2NOS. The van der Waals surface area contributed by atoms with Gasteiger partial charge in [0.1, 0.15) is 0 Å². The van der Waals surface area contributed by atoms with Crippen LogP contribution < -0.4 is 5.32 Å². The SMILES string of the molecule is CSc1ccc(Cl)c(C(=O)NC(C)c2ccc(F)c(F)c2)c1. The van der Waals surface area contributed by atoms with E-state index in [1.165, 1.54) is 17.8 Å². The standard InChI is InChI=1S/C16H14ClF2NOS/c1-9(10-3-6-14(18)15(19)7-10)20-16(21)12-8-11(22-2)4-5-13(12)17/h3-9H,1-2H3,(H,20,21). The van der Waals surface area contributed by atoms with Crippen molar-refractivity contribution in [3.05, 3.63) is 64.2 Å². The van der Waals surface area contributed by atoms with Crippen molar-refractivity contribution in [3.8, 4) is 0 Å². The second-order valence-electron chi connectivity index (χ2n) is 4.71. The number of benzene rings is 2. The predicted molar refractivity (Wildman–Crippen MR) is 85.5 cm³/mol. The van der Waals surface area contributed by atoms with Crippen molar-refractivity contribution in [2.24, 2.45) is 0 Å². The van der Waals surface area contributed by atoms with Crippen LogP contribution >= 0.6 is 23.4 Å². The number of carbonyl (C=O) groups excluding carboxylic acids is 1. The lowest BCUT2D eigenvalue weighted by Gasteiger charge is -2.15. The zero-order valence-electron chi connectivity index (χ0n) is 12.0. The molecule has 0 spiro atoms. The fourth-order valence-electron chi connectivity index (χ4n) is 1.94. The van der Waals surface area contributed by atoms with Gasteiger partial charge in [-0.1, -0.05) is 17.7 Å². The van der Waals surface area contributed by atoms with Crippen molar-refractivity contribution in [1.82, 2.24) is 5.32 Å². The van der Waals surface area contributed by atoms with E-state index in [2.05, 4.69) is 5.32 Å². The largest absolute Gasteiger partial charge is 0.345 e. The molecule has 1 N–H and O–H groups in total. The highest BCUT2D eigenvalue weighted by atomic mass is 35.5. The molecule has 0 saturated carbocycles. The molecule has 0 saturated heterocycles. The Hall–Kier alpha value is -1.59. The minimum absolute atomic E-state index is 0.341. The number of hydrogen-bond donors (Lipinski definition) is 1. The van der Waals surface area contributed by atoms with E-state index in [0.717, 1.165) is 17.0 Å². The van der Waals surface area contributed by atoms with E-state index in [1.807, 2.05) is 12.3 Å². The van der Waals surface area contributed by atoms with Gasteiger partial charge in [-0.05, 0) is 49.1 Å². The van der Waals surface area contributed by atoms with Gasteiger partial charge >= 0.3 is 0 Å². The summed E-state index contributed by atoms with van der Waals surface area (Å²) in [6.07, 6.45) is 1.90. The van der Waals surface area contributed by atoms with Crippen LogP contribution in [-0.2, 0) is 0 Å². The number of amides is 1. The highest BCUT2D eigenvalue weighted by Crippen LogP contribution is 2.24. The van der Waals surface area contributed by atoms with Crippen molar-refractivity contribution >= 4 is 29.3 Å². The van der Waals surface area contributed by atoms with Gasteiger partial charge in [0.05, 0.1) is 16.6 Å². The van der Waals surface area contributed by atoms with Crippen LogP contribution in [0.15, 0.2) is 41.3 Å². The summed E-state index contributed by atoms with van der Waals surface area (Å²) in [6.45, 7) is 1.69. The van der Waals surface area contributed by atoms with E-state index in [0.29, 0.717) is 16.1 Å². The highest BCUT2D eigenvalue weighted by Gasteiger charge is 2.16. The molecule has 0 fully saturated rings. The molecule has 2 nitrogen and oxygen atoms in total. The van der Waals surface area contributed by atoms with Crippen LogP contribution in [0, 0.1) is 11.6 Å². The molecule has 2 aromatic carbocycles. The molecule has 1 unspecified atom stereocenters. The third-order valence-electron chi connectivity index (χ3n) is 3.21. The van der Waals surface area contributed by atoms with Crippen molar-refractivity contribution in [2.75, 3.05) is 6.26 Å². The summed E-state index contributed by atoms with van der Waals surface area (Å²) in [5.74, 6) is -2.22. The normalized spacial score (nSPS) is 12.0. The maximum atomic E-state index is 13.3. The summed E-state index contributed by atoms with van der Waals surface area (Å²) in [5, 5.41) is 3.07. The molecule has 0 aromatic heterocycles. The fourth-order valence-corrected chi connectivity index (χ4v) is 2.59. The second-order valence-corrected chi connectivity index (χ2v) is 6.00. The first kappa shape index (κ1) is 16.8. The van der Waals surface area contributed by atoms with Crippen LogP contribution in [0.5, 0.6) is 0 Å². The van der Waals surface area contributed by atoms with Gasteiger partial charge < -0.3 is 5.32 Å². The Balaban J connectivity index is 2.19. The number of carbonyl (C=O) groups is 1. The zero-order chi connectivity index (χ0) is 16.3. The smallest absolute Gasteiger partial charge is 0.253 e. The first-order chi connectivity index (χ1) is 10.4. The molecule has 6 heteroatoms. The van der Waals surface area contributed by atoms with Crippen LogP contribution in [0.2, 0.25) is 5.02 Å². The predicted octanol–water partition coefficient (Wildman–Crippen LogP) is 4.83. The summed E-state index contributed by atoms with van der Waals surface area (Å²) in [6, 6.07) is 8.24. The van der Waals surface area contributed by atoms with Crippen LogP contribution in [-0.4, -0.2) is 12.2 Å². The lowest BCUT2D eigenvalue weighted by atomic mass is 10.1. The number of hydrogen-bond acceptors (Lipinski definition) is 2. The maximum Gasteiger partial charge on any atom is 0.253 e. The fraction of sp³-hybridized carbons (Fsp3) is 0.188. The molecule has 2 rings (SSSR count). The highest BCUT2D eigenvalue weighted by molar-refractivity contribution is 7.98. The Morgan fingerprint density at radius 3 is 2.55 bits per heavy atom. The first-order valence-electron chi connectivity index (χ1n) is 6.51. The van der Waals surface area contributed by atoms with Gasteiger partial charge in [0, 0.05) is 4.90 Å². The van der Waals surface area contributed by atoms with Crippen LogP contribution in [0.4, 0.5) is 8.78 Å². The average molecular weight is 342 g/mol. The molecule has 2 aromatic rings. The van der Waals surface area contributed by atoms with Gasteiger partial charge in [-0.25, -0.2) is 8.78 Å². The monoisotopic (exact) mass is 341 g/mol. The van der Waals surface area contributed by atoms with Crippen LogP contribution in [0.3, 0.4) is 0 Å². The van der Waals surface area contributed by atoms with E-state index >= 15 is 0 Å². The molecule has 22 heavy (non-hydrogen) atoms. The lowest BCUT2D eigenvalue weighted by molar-refractivity contribution is 0.0939. The van der Waals surface area contributed by atoms with Crippen molar-refractivity contribution in [3.63, 3.8) is 0 Å². The second kappa shape index (κ2) is 7.11. The molecule has 0 aliphatic carbocycles. The van der Waals surface area contributed by atoms with Crippen LogP contribution in [0.25, 0.3) is 0 Å². The number of thioether (sulfide) groups is 1. The van der Waals surface area contributed by atoms with Gasteiger partial charge in [-0.2, -0.15) is 0 Å². The van der Waals surface area contributed by atoms with Gasteiger partial charge in [0.25, 0.3) is 5.91 Å². The van der Waals surface area contributed by atoms with Crippen molar-refractivity contribution in [2.45, 2.75) is 17.9 Å². The molecule has 0 heterocycles. The van der Waals surface area contributed by atoms with E-state index in [4.69, 9.17) is 11.6 Å². The molecule has 0 aliphatic heterocycles. The molecule has 0 bridgehead atoms. The molecule has 0 radical (unpaired) electrons. The van der Waals surface area contributed by atoms with E-state index in [-0.39, 0.29) is 5.91 Å². The minimum Gasteiger partial charge on any atom is -0.345 e. The Morgan fingerprint density at radius 1 is 1.18 bits per heavy atom. The van der Waals surface area contributed by atoms with E-state index in [9.17, 15) is 13.6 Å². The van der Waals surface area contributed by atoms with Crippen molar-refractivity contribution < 1.29 is 13.6 Å².